The van der Waals surface area contributed by atoms with E-state index in [9.17, 15) is 14.0 Å². The van der Waals surface area contributed by atoms with E-state index in [2.05, 4.69) is 10.2 Å². The molecule has 24 heavy (non-hydrogen) atoms. The van der Waals surface area contributed by atoms with Gasteiger partial charge in [0.05, 0.1) is 5.56 Å². The van der Waals surface area contributed by atoms with Crippen LogP contribution in [0, 0.1) is 5.82 Å². The fourth-order valence-corrected chi connectivity index (χ4v) is 2.70. The Morgan fingerprint density at radius 3 is 2.54 bits per heavy atom. The number of nitrogens with one attached hydrogen (secondary N) is 1. The molecule has 2 rings (SSSR count). The third-order valence-electron chi connectivity index (χ3n) is 4.15. The summed E-state index contributed by atoms with van der Waals surface area (Å²) in [5, 5.41) is 2.73. The molecule has 1 heterocycles. The van der Waals surface area contributed by atoms with Crippen molar-refractivity contribution in [1.82, 2.24) is 15.1 Å². The molecular formula is C17H25FN4O2. The molecule has 0 atom stereocenters. The van der Waals surface area contributed by atoms with Crippen LogP contribution in [0.15, 0.2) is 24.3 Å². The number of piperazine rings is 1. The molecule has 1 aliphatic heterocycles. The van der Waals surface area contributed by atoms with Gasteiger partial charge >= 0.3 is 0 Å². The zero-order valence-electron chi connectivity index (χ0n) is 13.8. The fraction of sp³-hybridized carbons (Fsp3) is 0.529. The van der Waals surface area contributed by atoms with Crippen LogP contribution in [-0.4, -0.2) is 67.4 Å². The smallest absolute Gasteiger partial charge is 0.254 e. The highest BCUT2D eigenvalue weighted by atomic mass is 19.1. The van der Waals surface area contributed by atoms with Crippen molar-refractivity contribution in [3.63, 3.8) is 0 Å². The molecule has 7 heteroatoms. The van der Waals surface area contributed by atoms with Crippen LogP contribution >= 0.6 is 0 Å². The number of halogens is 1. The Morgan fingerprint density at radius 1 is 1.17 bits per heavy atom. The standard InChI is InChI=1S/C17H25FN4O2/c18-15-5-2-1-4-14(15)17(24)20-8-9-21-10-12-22(13-11-21)16(23)6-3-7-19/h1-2,4-5H,3,6-13,19H2,(H,20,24). The molecule has 6 nitrogen and oxygen atoms in total. The lowest BCUT2D eigenvalue weighted by Crippen LogP contribution is -2.50. The highest BCUT2D eigenvalue weighted by Gasteiger charge is 2.20. The number of amides is 2. The van der Waals surface area contributed by atoms with Gasteiger partial charge in [0.15, 0.2) is 0 Å². The Bertz CT molecular complexity index is 559. The normalized spacial score (nSPS) is 15.3. The van der Waals surface area contributed by atoms with Gasteiger partial charge in [-0.3, -0.25) is 14.5 Å². The Labute approximate surface area is 141 Å². The number of carbonyl (C=O) groups is 2. The molecule has 132 valence electrons. The molecule has 0 aliphatic carbocycles. The Balaban J connectivity index is 1.67. The maximum atomic E-state index is 13.5. The zero-order valence-corrected chi connectivity index (χ0v) is 13.8. The Kier molecular flexibility index (Phi) is 7.14. The van der Waals surface area contributed by atoms with E-state index in [4.69, 9.17) is 5.73 Å². The maximum absolute atomic E-state index is 13.5. The van der Waals surface area contributed by atoms with E-state index in [1.807, 2.05) is 4.90 Å². The summed E-state index contributed by atoms with van der Waals surface area (Å²) >= 11 is 0. The van der Waals surface area contributed by atoms with Gasteiger partial charge in [-0.2, -0.15) is 0 Å². The molecule has 0 radical (unpaired) electrons. The summed E-state index contributed by atoms with van der Waals surface area (Å²) in [6.45, 7) is 4.63. The third-order valence-corrected chi connectivity index (χ3v) is 4.15. The first-order chi connectivity index (χ1) is 11.6. The summed E-state index contributed by atoms with van der Waals surface area (Å²) in [4.78, 5) is 27.9. The van der Waals surface area contributed by atoms with E-state index in [1.54, 1.807) is 12.1 Å². The third kappa shape index (κ3) is 5.28. The van der Waals surface area contributed by atoms with Gasteiger partial charge in [0.1, 0.15) is 5.82 Å². The van der Waals surface area contributed by atoms with Crippen molar-refractivity contribution in [2.45, 2.75) is 12.8 Å². The lowest BCUT2D eigenvalue weighted by atomic mass is 10.2. The second-order valence-electron chi connectivity index (χ2n) is 5.85. The molecule has 0 spiro atoms. The lowest BCUT2D eigenvalue weighted by Gasteiger charge is -2.34. The minimum atomic E-state index is -0.514. The van der Waals surface area contributed by atoms with Gasteiger partial charge in [-0.1, -0.05) is 12.1 Å². The van der Waals surface area contributed by atoms with Crippen LogP contribution in [0.5, 0.6) is 0 Å². The molecule has 1 fully saturated rings. The largest absolute Gasteiger partial charge is 0.351 e. The van der Waals surface area contributed by atoms with Gasteiger partial charge in [0.2, 0.25) is 5.91 Å². The van der Waals surface area contributed by atoms with Crippen molar-refractivity contribution in [3.8, 4) is 0 Å². The predicted molar refractivity (Wildman–Crippen MR) is 90.0 cm³/mol. The quantitative estimate of drug-likeness (QED) is 0.757. The van der Waals surface area contributed by atoms with Crippen molar-refractivity contribution in [1.29, 1.82) is 0 Å². The van der Waals surface area contributed by atoms with Crippen LogP contribution in [0.25, 0.3) is 0 Å². The van der Waals surface area contributed by atoms with Crippen LogP contribution in [0.4, 0.5) is 4.39 Å². The number of rotatable bonds is 7. The van der Waals surface area contributed by atoms with Crippen LogP contribution in [0.1, 0.15) is 23.2 Å². The number of hydrogen-bond acceptors (Lipinski definition) is 4. The van der Waals surface area contributed by atoms with Gasteiger partial charge in [-0.25, -0.2) is 4.39 Å². The summed E-state index contributed by atoms with van der Waals surface area (Å²) in [5.41, 5.74) is 5.48. The molecule has 2 amide bonds. The minimum absolute atomic E-state index is 0.0628. The molecule has 1 aromatic carbocycles. The summed E-state index contributed by atoms with van der Waals surface area (Å²) in [5.74, 6) is -0.753. The minimum Gasteiger partial charge on any atom is -0.351 e. The number of nitrogens with two attached hydrogens (primary N) is 1. The monoisotopic (exact) mass is 336 g/mol. The molecule has 3 N–H and O–H groups in total. The lowest BCUT2D eigenvalue weighted by molar-refractivity contribution is -0.133. The predicted octanol–water partition coefficient (Wildman–Crippen LogP) is 0.439. The highest BCUT2D eigenvalue weighted by molar-refractivity contribution is 5.94. The molecule has 0 unspecified atom stereocenters. The van der Waals surface area contributed by atoms with E-state index in [0.717, 1.165) is 19.5 Å². The van der Waals surface area contributed by atoms with E-state index in [1.165, 1.54) is 12.1 Å². The first-order valence-electron chi connectivity index (χ1n) is 8.34. The molecule has 0 saturated carbocycles. The maximum Gasteiger partial charge on any atom is 0.254 e. The number of carbonyl (C=O) groups excluding carboxylic acids is 2. The first-order valence-corrected chi connectivity index (χ1v) is 8.34. The Hall–Kier alpha value is -1.99. The SMILES string of the molecule is NCCCC(=O)N1CCN(CCNC(=O)c2ccccc2F)CC1. The first kappa shape index (κ1) is 18.4. The summed E-state index contributed by atoms with van der Waals surface area (Å²) in [6.07, 6.45) is 1.23. The topological polar surface area (TPSA) is 78.7 Å². The van der Waals surface area contributed by atoms with Crippen molar-refractivity contribution in [2.75, 3.05) is 45.8 Å². The van der Waals surface area contributed by atoms with E-state index in [0.29, 0.717) is 39.1 Å². The van der Waals surface area contributed by atoms with Crippen LogP contribution in [-0.2, 0) is 4.79 Å². The van der Waals surface area contributed by atoms with Gasteiger partial charge in [-0.05, 0) is 25.1 Å². The van der Waals surface area contributed by atoms with Crippen molar-refractivity contribution in [2.24, 2.45) is 5.73 Å². The average molecular weight is 336 g/mol. The van der Waals surface area contributed by atoms with Crippen LogP contribution in [0.3, 0.4) is 0 Å². The van der Waals surface area contributed by atoms with Crippen molar-refractivity contribution >= 4 is 11.8 Å². The molecule has 1 saturated heterocycles. The van der Waals surface area contributed by atoms with Crippen LogP contribution in [0.2, 0.25) is 0 Å². The van der Waals surface area contributed by atoms with Gasteiger partial charge in [0, 0.05) is 45.7 Å². The fourth-order valence-electron chi connectivity index (χ4n) is 2.70. The number of benzene rings is 1. The van der Waals surface area contributed by atoms with Gasteiger partial charge < -0.3 is 16.0 Å². The summed E-state index contributed by atoms with van der Waals surface area (Å²) in [6, 6.07) is 5.94. The summed E-state index contributed by atoms with van der Waals surface area (Å²) in [7, 11) is 0. The van der Waals surface area contributed by atoms with Gasteiger partial charge in [-0.15, -0.1) is 0 Å². The zero-order chi connectivity index (χ0) is 17.4. The molecule has 0 aromatic heterocycles. The summed E-state index contributed by atoms with van der Waals surface area (Å²) < 4.78 is 13.5. The number of nitrogens with zero attached hydrogens (tertiary/aromatic N) is 2. The average Bonchev–Trinajstić information content (AvgIpc) is 2.60. The van der Waals surface area contributed by atoms with Gasteiger partial charge in [0.25, 0.3) is 5.91 Å². The highest BCUT2D eigenvalue weighted by Crippen LogP contribution is 2.06. The van der Waals surface area contributed by atoms with E-state index in [-0.39, 0.29) is 11.5 Å². The van der Waals surface area contributed by atoms with E-state index < -0.39 is 11.7 Å². The molecule has 1 aliphatic rings. The molecule has 0 bridgehead atoms. The second-order valence-corrected chi connectivity index (χ2v) is 5.85. The molecule has 1 aromatic rings. The van der Waals surface area contributed by atoms with Crippen molar-refractivity contribution < 1.29 is 14.0 Å². The Morgan fingerprint density at radius 2 is 1.88 bits per heavy atom. The van der Waals surface area contributed by atoms with E-state index >= 15 is 0 Å². The second kappa shape index (κ2) is 9.34. The molecular weight excluding hydrogens is 311 g/mol. The van der Waals surface area contributed by atoms with Crippen LogP contribution < -0.4 is 11.1 Å². The number of hydrogen-bond donors (Lipinski definition) is 2. The van der Waals surface area contributed by atoms with Crippen molar-refractivity contribution in [3.05, 3.63) is 35.6 Å².